The van der Waals surface area contributed by atoms with E-state index >= 15 is 0 Å². The van der Waals surface area contributed by atoms with E-state index in [4.69, 9.17) is 5.11 Å². The highest BCUT2D eigenvalue weighted by atomic mass is 79.9. The number of hydrogen-bond donors (Lipinski definition) is 2. The van der Waals surface area contributed by atoms with Gasteiger partial charge in [0.25, 0.3) is 0 Å². The Kier molecular flexibility index (Phi) is 6.61. The predicted octanol–water partition coefficient (Wildman–Crippen LogP) is 2.66. The van der Waals surface area contributed by atoms with Crippen molar-refractivity contribution in [2.75, 3.05) is 0 Å². The molecule has 1 rings (SSSR count). The number of hydrogen-bond acceptors (Lipinski definition) is 3. The standard InChI is InChI=1S/C15H17BrO4/c1-10(12(17)8-5-9-13(18)19)14(16)15(20)11-6-3-2-4-7-11/h2-7,9-10,12,14,17H,8H2,1H3,(H,18,19)/b9-5+. The summed E-state index contributed by atoms with van der Waals surface area (Å²) >= 11 is 3.32. The molecule has 3 atom stereocenters. The molecule has 0 radical (unpaired) electrons. The first-order chi connectivity index (χ1) is 9.43. The smallest absolute Gasteiger partial charge is 0.327 e. The minimum Gasteiger partial charge on any atom is -0.478 e. The van der Waals surface area contributed by atoms with Gasteiger partial charge in [-0.25, -0.2) is 4.79 Å². The molecule has 0 bridgehead atoms. The fourth-order valence-electron chi connectivity index (χ4n) is 1.72. The van der Waals surface area contributed by atoms with Crippen LogP contribution in [0.5, 0.6) is 0 Å². The second kappa shape index (κ2) is 7.97. The van der Waals surface area contributed by atoms with E-state index < -0.39 is 16.9 Å². The zero-order valence-corrected chi connectivity index (χ0v) is 12.7. The van der Waals surface area contributed by atoms with Crippen LogP contribution in [0.2, 0.25) is 0 Å². The molecule has 1 aromatic rings. The van der Waals surface area contributed by atoms with Gasteiger partial charge >= 0.3 is 5.97 Å². The van der Waals surface area contributed by atoms with Gasteiger partial charge in [-0.1, -0.05) is 59.3 Å². The number of benzene rings is 1. The lowest BCUT2D eigenvalue weighted by molar-refractivity contribution is -0.131. The highest BCUT2D eigenvalue weighted by Crippen LogP contribution is 2.23. The van der Waals surface area contributed by atoms with Crippen LogP contribution in [0.15, 0.2) is 42.5 Å². The SMILES string of the molecule is CC(C(O)C/C=C/C(=O)O)C(Br)C(=O)c1ccccc1. The Hall–Kier alpha value is -1.46. The molecule has 1 aromatic carbocycles. The molecular formula is C15H17BrO4. The summed E-state index contributed by atoms with van der Waals surface area (Å²) in [6.07, 6.45) is 1.77. The summed E-state index contributed by atoms with van der Waals surface area (Å²) in [6.45, 7) is 1.75. The van der Waals surface area contributed by atoms with Crippen molar-refractivity contribution < 1.29 is 19.8 Å². The van der Waals surface area contributed by atoms with Gasteiger partial charge in [0.05, 0.1) is 10.9 Å². The number of carboxylic acids is 1. The summed E-state index contributed by atoms with van der Waals surface area (Å²) in [7, 11) is 0. The number of carboxylic acid groups (broad SMARTS) is 1. The van der Waals surface area contributed by atoms with Crippen molar-refractivity contribution in [3.05, 3.63) is 48.0 Å². The van der Waals surface area contributed by atoms with Crippen molar-refractivity contribution in [3.63, 3.8) is 0 Å². The number of aliphatic hydroxyl groups is 1. The first-order valence-corrected chi connectivity index (χ1v) is 7.16. The van der Waals surface area contributed by atoms with Gasteiger partial charge < -0.3 is 10.2 Å². The van der Waals surface area contributed by atoms with Gasteiger partial charge in [-0.2, -0.15) is 0 Å². The Balaban J connectivity index is 2.64. The van der Waals surface area contributed by atoms with Crippen LogP contribution in [-0.4, -0.2) is 32.9 Å². The Labute approximate surface area is 126 Å². The number of aliphatic hydroxyl groups excluding tert-OH is 1. The highest BCUT2D eigenvalue weighted by Gasteiger charge is 2.27. The quantitative estimate of drug-likeness (QED) is 0.454. The highest BCUT2D eigenvalue weighted by molar-refractivity contribution is 9.10. The minimum absolute atomic E-state index is 0.0978. The molecule has 0 amide bonds. The van der Waals surface area contributed by atoms with E-state index in [0.717, 1.165) is 6.08 Å². The second-order valence-corrected chi connectivity index (χ2v) is 5.52. The Morgan fingerprint density at radius 1 is 1.30 bits per heavy atom. The zero-order valence-electron chi connectivity index (χ0n) is 11.1. The van der Waals surface area contributed by atoms with Crippen molar-refractivity contribution in [1.82, 2.24) is 0 Å². The van der Waals surface area contributed by atoms with E-state index in [-0.39, 0.29) is 18.1 Å². The maximum absolute atomic E-state index is 12.2. The number of aliphatic carboxylic acids is 1. The normalized spacial score (nSPS) is 15.8. The fraction of sp³-hybridized carbons (Fsp3) is 0.333. The number of carbonyl (C=O) groups excluding carboxylic acids is 1. The van der Waals surface area contributed by atoms with E-state index in [2.05, 4.69) is 15.9 Å². The van der Waals surface area contributed by atoms with E-state index in [0.29, 0.717) is 5.56 Å². The molecule has 4 nitrogen and oxygen atoms in total. The lowest BCUT2D eigenvalue weighted by Gasteiger charge is -2.22. The third-order valence-corrected chi connectivity index (χ3v) is 4.27. The van der Waals surface area contributed by atoms with Gasteiger partial charge in [0.15, 0.2) is 5.78 Å². The van der Waals surface area contributed by atoms with Gasteiger partial charge in [0.2, 0.25) is 0 Å². The first-order valence-electron chi connectivity index (χ1n) is 6.24. The molecule has 0 saturated carbocycles. The van der Waals surface area contributed by atoms with Gasteiger partial charge in [-0.15, -0.1) is 0 Å². The zero-order chi connectivity index (χ0) is 15.1. The minimum atomic E-state index is -1.05. The summed E-state index contributed by atoms with van der Waals surface area (Å²) < 4.78 is 0. The third-order valence-electron chi connectivity index (χ3n) is 3.02. The lowest BCUT2D eigenvalue weighted by Crippen LogP contribution is -2.31. The number of rotatable bonds is 7. The van der Waals surface area contributed by atoms with Gasteiger partial charge in [0.1, 0.15) is 0 Å². The van der Waals surface area contributed by atoms with Crippen molar-refractivity contribution in [1.29, 1.82) is 0 Å². The number of alkyl halides is 1. The average Bonchev–Trinajstić information content (AvgIpc) is 2.45. The summed E-state index contributed by atoms with van der Waals surface area (Å²) in [6, 6.07) is 8.84. The largest absolute Gasteiger partial charge is 0.478 e. The van der Waals surface area contributed by atoms with E-state index in [1.165, 1.54) is 6.08 Å². The summed E-state index contributed by atoms with van der Waals surface area (Å²) in [4.78, 5) is 22.0. The van der Waals surface area contributed by atoms with Crippen molar-refractivity contribution in [2.45, 2.75) is 24.3 Å². The molecule has 0 aromatic heterocycles. The monoisotopic (exact) mass is 340 g/mol. The Morgan fingerprint density at radius 2 is 1.90 bits per heavy atom. The maximum atomic E-state index is 12.2. The first kappa shape index (κ1) is 16.6. The van der Waals surface area contributed by atoms with Crippen LogP contribution in [0.3, 0.4) is 0 Å². The summed E-state index contributed by atoms with van der Waals surface area (Å²) in [5, 5.41) is 18.4. The maximum Gasteiger partial charge on any atom is 0.327 e. The van der Waals surface area contributed by atoms with Crippen molar-refractivity contribution in [2.24, 2.45) is 5.92 Å². The van der Waals surface area contributed by atoms with Crippen LogP contribution in [0.25, 0.3) is 0 Å². The average molecular weight is 341 g/mol. The number of ketones is 1. The Bertz CT molecular complexity index is 484. The number of carbonyl (C=O) groups is 2. The topological polar surface area (TPSA) is 74.6 Å². The molecule has 0 aliphatic heterocycles. The number of halogens is 1. The number of Topliss-reactive ketones (excluding diaryl/α,β-unsaturated/α-hetero) is 1. The van der Waals surface area contributed by atoms with Crippen LogP contribution >= 0.6 is 15.9 Å². The summed E-state index contributed by atoms with van der Waals surface area (Å²) in [5.74, 6) is -1.49. The third kappa shape index (κ3) is 4.90. The van der Waals surface area contributed by atoms with Crippen molar-refractivity contribution >= 4 is 27.7 Å². The predicted molar refractivity (Wildman–Crippen MR) is 80.1 cm³/mol. The molecule has 0 spiro atoms. The molecule has 3 unspecified atom stereocenters. The van der Waals surface area contributed by atoms with Crippen LogP contribution in [0.4, 0.5) is 0 Å². The van der Waals surface area contributed by atoms with E-state index in [9.17, 15) is 14.7 Å². The molecule has 0 heterocycles. The van der Waals surface area contributed by atoms with Crippen LogP contribution in [0, 0.1) is 5.92 Å². The van der Waals surface area contributed by atoms with Crippen LogP contribution in [-0.2, 0) is 4.79 Å². The Morgan fingerprint density at radius 3 is 2.45 bits per heavy atom. The molecule has 0 aliphatic rings. The molecule has 108 valence electrons. The molecule has 2 N–H and O–H groups in total. The molecule has 5 heteroatoms. The van der Waals surface area contributed by atoms with Gasteiger partial charge in [-0.05, 0) is 6.42 Å². The molecular weight excluding hydrogens is 324 g/mol. The van der Waals surface area contributed by atoms with Gasteiger partial charge in [-0.3, -0.25) is 4.79 Å². The molecule has 20 heavy (non-hydrogen) atoms. The van der Waals surface area contributed by atoms with Crippen LogP contribution < -0.4 is 0 Å². The van der Waals surface area contributed by atoms with E-state index in [1.54, 1.807) is 31.2 Å². The molecule has 0 saturated heterocycles. The molecule has 0 fully saturated rings. The second-order valence-electron chi connectivity index (χ2n) is 4.53. The van der Waals surface area contributed by atoms with Crippen molar-refractivity contribution in [3.8, 4) is 0 Å². The fourth-order valence-corrected chi connectivity index (χ4v) is 2.34. The lowest BCUT2D eigenvalue weighted by atomic mass is 9.93. The van der Waals surface area contributed by atoms with Gasteiger partial charge in [0, 0.05) is 17.6 Å². The molecule has 0 aliphatic carbocycles. The van der Waals surface area contributed by atoms with E-state index in [1.807, 2.05) is 6.07 Å². The van der Waals surface area contributed by atoms with Crippen LogP contribution in [0.1, 0.15) is 23.7 Å². The summed E-state index contributed by atoms with van der Waals surface area (Å²) in [5.41, 5.74) is 0.578.